The average molecular weight is 453 g/mol. The van der Waals surface area contributed by atoms with Crippen LogP contribution < -0.4 is 0 Å². The Labute approximate surface area is 189 Å². The van der Waals surface area contributed by atoms with E-state index >= 15 is 0 Å². The van der Waals surface area contributed by atoms with Gasteiger partial charge in [-0.05, 0) is 42.5 Å². The van der Waals surface area contributed by atoms with E-state index in [0.717, 1.165) is 5.56 Å². The minimum Gasteiger partial charge on any atom is -0.468 e. The largest absolute Gasteiger partial charge is 0.468 e. The topological polar surface area (TPSA) is 98.9 Å². The third-order valence-corrected chi connectivity index (χ3v) is 6.40. The van der Waals surface area contributed by atoms with Crippen LogP contribution in [0.3, 0.4) is 0 Å². The number of methoxy groups -OCH3 is 1. The van der Waals surface area contributed by atoms with Gasteiger partial charge in [0.25, 0.3) is 5.69 Å². The van der Waals surface area contributed by atoms with Gasteiger partial charge in [0.1, 0.15) is 5.92 Å². The van der Waals surface area contributed by atoms with Crippen LogP contribution in [0.2, 0.25) is 5.02 Å². The minimum absolute atomic E-state index is 0.0396. The molecular weight excluding hydrogens is 432 g/mol. The van der Waals surface area contributed by atoms with Gasteiger partial charge in [-0.3, -0.25) is 24.7 Å². The number of ether oxygens (including phenoxy) is 1. The number of hydrogen-bond donors (Lipinski definition) is 0. The third kappa shape index (κ3) is 3.96. The summed E-state index contributed by atoms with van der Waals surface area (Å²) in [4.78, 5) is 41.3. The quantitative estimate of drug-likeness (QED) is 0.369. The molecule has 0 saturated carbocycles. The number of esters is 1. The van der Waals surface area contributed by atoms with Gasteiger partial charge < -0.3 is 4.74 Å². The van der Waals surface area contributed by atoms with Crippen molar-refractivity contribution in [1.29, 1.82) is 0 Å². The number of allylic oxidation sites excluding steroid dienone is 2. The van der Waals surface area contributed by atoms with Crippen molar-refractivity contribution >= 4 is 34.8 Å². The molecule has 3 atom stereocenters. The molecule has 1 heterocycles. The summed E-state index contributed by atoms with van der Waals surface area (Å²) in [6.45, 7) is 1.75. The Balaban J connectivity index is 1.79. The first-order valence-corrected chi connectivity index (χ1v) is 10.6. The van der Waals surface area contributed by atoms with Gasteiger partial charge >= 0.3 is 5.97 Å². The first-order chi connectivity index (χ1) is 15.3. The predicted octanol–water partition coefficient (Wildman–Crippen LogP) is 5.00. The van der Waals surface area contributed by atoms with Crippen LogP contribution in [0.4, 0.5) is 5.69 Å². The number of ketones is 1. The van der Waals surface area contributed by atoms with Crippen molar-refractivity contribution in [3.63, 3.8) is 0 Å². The maximum absolute atomic E-state index is 13.4. The van der Waals surface area contributed by atoms with E-state index in [4.69, 9.17) is 16.3 Å². The van der Waals surface area contributed by atoms with E-state index in [2.05, 4.69) is 4.99 Å². The van der Waals surface area contributed by atoms with Gasteiger partial charge in [0.2, 0.25) is 0 Å². The second-order valence-electron chi connectivity index (χ2n) is 8.02. The van der Waals surface area contributed by atoms with Crippen LogP contribution in [-0.4, -0.2) is 29.5 Å². The van der Waals surface area contributed by atoms with Crippen molar-refractivity contribution in [2.45, 2.75) is 31.6 Å². The van der Waals surface area contributed by atoms with Gasteiger partial charge in [0, 0.05) is 46.5 Å². The number of benzene rings is 2. The molecule has 0 saturated heterocycles. The Bertz CT molecular complexity index is 1150. The Morgan fingerprint density at radius 2 is 1.72 bits per heavy atom. The second-order valence-corrected chi connectivity index (χ2v) is 8.46. The lowest BCUT2D eigenvalue weighted by Gasteiger charge is -2.36. The minimum atomic E-state index is -0.767. The first-order valence-electron chi connectivity index (χ1n) is 10.2. The van der Waals surface area contributed by atoms with Gasteiger partial charge in [0.15, 0.2) is 5.78 Å². The number of nitrogens with zero attached hydrogens (tertiary/aromatic N) is 2. The van der Waals surface area contributed by atoms with Crippen LogP contribution in [0, 0.1) is 16.0 Å². The number of carbonyl (C=O) groups is 2. The zero-order chi connectivity index (χ0) is 23.0. The molecule has 0 fully saturated rings. The molecule has 1 aliphatic carbocycles. The molecule has 0 spiro atoms. The highest BCUT2D eigenvalue weighted by Gasteiger charge is 2.44. The highest BCUT2D eigenvalue weighted by molar-refractivity contribution is 6.30. The molecule has 2 aliphatic rings. The van der Waals surface area contributed by atoms with Crippen molar-refractivity contribution in [2.75, 3.05) is 7.11 Å². The molecule has 1 aliphatic heterocycles. The summed E-state index contributed by atoms with van der Waals surface area (Å²) in [7, 11) is 1.30. The standard InChI is InChI=1S/C24H21ClN2O5/c1-13-21(24(29)32-2)22(15-5-9-18(10-6-15)27(30)31)23-19(26-13)11-16(12-20(23)28)14-3-7-17(25)8-4-14/h3-10,16,21-22H,11-12H2,1-2H3/t16-,21?,22+/m1/s1. The number of nitro groups is 1. The summed E-state index contributed by atoms with van der Waals surface area (Å²) < 4.78 is 5.02. The zero-order valence-corrected chi connectivity index (χ0v) is 18.3. The monoisotopic (exact) mass is 452 g/mol. The number of aliphatic imine (C=N–C) groups is 1. The van der Waals surface area contributed by atoms with Crippen LogP contribution in [0.25, 0.3) is 0 Å². The van der Waals surface area contributed by atoms with Crippen molar-refractivity contribution in [2.24, 2.45) is 10.9 Å². The number of carbonyl (C=O) groups excluding carboxylic acids is 2. The highest BCUT2D eigenvalue weighted by atomic mass is 35.5. The lowest BCUT2D eigenvalue weighted by Crippen LogP contribution is -2.37. The van der Waals surface area contributed by atoms with Crippen molar-refractivity contribution in [3.8, 4) is 0 Å². The van der Waals surface area contributed by atoms with E-state index < -0.39 is 22.7 Å². The lowest BCUT2D eigenvalue weighted by molar-refractivity contribution is -0.384. The van der Waals surface area contributed by atoms with Crippen molar-refractivity contribution in [1.82, 2.24) is 0 Å². The Morgan fingerprint density at radius 1 is 1.09 bits per heavy atom. The molecule has 4 rings (SSSR count). The molecule has 0 aromatic heterocycles. The van der Waals surface area contributed by atoms with E-state index in [0.29, 0.717) is 34.0 Å². The van der Waals surface area contributed by atoms with E-state index in [9.17, 15) is 19.7 Å². The Morgan fingerprint density at radius 3 is 2.31 bits per heavy atom. The van der Waals surface area contributed by atoms with Gasteiger partial charge in [-0.2, -0.15) is 0 Å². The van der Waals surface area contributed by atoms with Gasteiger partial charge in [-0.1, -0.05) is 35.9 Å². The molecule has 0 radical (unpaired) electrons. The van der Waals surface area contributed by atoms with Crippen LogP contribution in [0.5, 0.6) is 0 Å². The zero-order valence-electron chi connectivity index (χ0n) is 17.6. The summed E-state index contributed by atoms with van der Waals surface area (Å²) in [5.41, 5.74) is 3.29. The van der Waals surface area contributed by atoms with Crippen LogP contribution in [0.15, 0.2) is 64.8 Å². The molecule has 0 amide bonds. The van der Waals surface area contributed by atoms with E-state index in [1.54, 1.807) is 31.2 Å². The van der Waals surface area contributed by atoms with Crippen molar-refractivity contribution in [3.05, 3.63) is 86.1 Å². The van der Waals surface area contributed by atoms with Crippen molar-refractivity contribution < 1.29 is 19.2 Å². The third-order valence-electron chi connectivity index (χ3n) is 6.15. The summed E-state index contributed by atoms with van der Waals surface area (Å²) in [6.07, 6.45) is 0.837. The number of non-ortho nitro benzene ring substituents is 1. The van der Waals surface area contributed by atoms with E-state index in [1.807, 2.05) is 12.1 Å². The highest BCUT2D eigenvalue weighted by Crippen LogP contribution is 2.47. The second kappa shape index (κ2) is 8.67. The fraction of sp³-hybridized carbons (Fsp3) is 0.292. The predicted molar refractivity (Wildman–Crippen MR) is 120 cm³/mol. The Hall–Kier alpha value is -3.32. The number of nitro benzene ring substituents is 1. The average Bonchev–Trinajstić information content (AvgIpc) is 2.78. The summed E-state index contributed by atoms with van der Waals surface area (Å²) in [5, 5.41) is 11.7. The van der Waals surface area contributed by atoms with Crippen LogP contribution >= 0.6 is 11.6 Å². The van der Waals surface area contributed by atoms with Crippen LogP contribution in [-0.2, 0) is 14.3 Å². The first kappa shape index (κ1) is 21.9. The summed E-state index contributed by atoms with van der Waals surface area (Å²) in [6, 6.07) is 13.4. The molecule has 8 heteroatoms. The molecule has 2 aromatic rings. The van der Waals surface area contributed by atoms with Gasteiger partial charge in [0.05, 0.1) is 12.0 Å². The fourth-order valence-electron chi connectivity index (χ4n) is 4.63. The summed E-state index contributed by atoms with van der Waals surface area (Å²) in [5.74, 6) is -1.98. The number of rotatable bonds is 4. The number of halogens is 1. The maximum atomic E-state index is 13.4. The van der Waals surface area contributed by atoms with Crippen LogP contribution in [0.1, 0.15) is 42.7 Å². The SMILES string of the molecule is COC(=O)C1C(C)=NC2=C(C(=O)C[C@H](c3ccc(Cl)cc3)C2)[C@H]1c1ccc([N+](=O)[O-])cc1. The van der Waals surface area contributed by atoms with E-state index in [-0.39, 0.29) is 23.8 Å². The molecule has 164 valence electrons. The smallest absolute Gasteiger partial charge is 0.315 e. The maximum Gasteiger partial charge on any atom is 0.315 e. The molecule has 32 heavy (non-hydrogen) atoms. The van der Waals surface area contributed by atoms with Gasteiger partial charge in [-0.15, -0.1) is 0 Å². The molecule has 7 nitrogen and oxygen atoms in total. The number of Topliss-reactive ketones (excluding diaryl/α,β-unsaturated/α-hetero) is 1. The van der Waals surface area contributed by atoms with E-state index in [1.165, 1.54) is 19.2 Å². The van der Waals surface area contributed by atoms with Gasteiger partial charge in [-0.25, -0.2) is 0 Å². The number of hydrogen-bond acceptors (Lipinski definition) is 6. The normalized spacial score (nSPS) is 22.8. The molecule has 0 N–H and O–H groups in total. The Kier molecular flexibility index (Phi) is 5.93. The molecule has 2 aromatic carbocycles. The molecular formula is C24H21ClN2O5. The summed E-state index contributed by atoms with van der Waals surface area (Å²) >= 11 is 6.00. The fourth-order valence-corrected chi connectivity index (χ4v) is 4.75. The lowest BCUT2D eigenvalue weighted by atomic mass is 9.69. The molecule has 0 bridgehead atoms. The molecule has 1 unspecified atom stereocenters.